The van der Waals surface area contributed by atoms with Gasteiger partial charge in [-0.1, -0.05) is 307 Å². The number of carbonyl (C=O) groups is 1. The fourth-order valence-electron chi connectivity index (χ4n) is 9.34. The van der Waals surface area contributed by atoms with Gasteiger partial charge >= 0.3 is 0 Å². The molecule has 0 heterocycles. The van der Waals surface area contributed by atoms with E-state index < -0.39 is 24.2 Å². The molecule has 390 valence electrons. The van der Waals surface area contributed by atoms with Gasteiger partial charge in [-0.25, -0.2) is 0 Å². The average molecular weight is 929 g/mol. The molecule has 0 spiro atoms. The molecule has 0 saturated carbocycles. The van der Waals surface area contributed by atoms with Crippen molar-refractivity contribution in [2.24, 2.45) is 0 Å². The summed E-state index contributed by atoms with van der Waals surface area (Å²) in [6, 6.07) is -0.797. The first kappa shape index (κ1) is 64.6. The molecule has 0 bridgehead atoms. The van der Waals surface area contributed by atoms with E-state index in [-0.39, 0.29) is 6.61 Å². The van der Waals surface area contributed by atoms with Crippen molar-refractivity contribution >= 4 is 5.91 Å². The zero-order chi connectivity index (χ0) is 47.9. The molecule has 5 nitrogen and oxygen atoms in total. The lowest BCUT2D eigenvalue weighted by atomic mass is 10.0. The van der Waals surface area contributed by atoms with E-state index in [1.54, 1.807) is 6.08 Å². The summed E-state index contributed by atoms with van der Waals surface area (Å²) >= 11 is 0. The van der Waals surface area contributed by atoms with Crippen molar-refractivity contribution in [3.05, 3.63) is 36.5 Å². The molecule has 0 aliphatic carbocycles. The van der Waals surface area contributed by atoms with Crippen LogP contribution in [0.4, 0.5) is 0 Å². The molecule has 1 amide bonds. The van der Waals surface area contributed by atoms with Gasteiger partial charge in [-0.05, 0) is 51.4 Å². The van der Waals surface area contributed by atoms with Crippen LogP contribution in [0.25, 0.3) is 0 Å². The van der Waals surface area contributed by atoms with Crippen LogP contribution in [-0.2, 0) is 4.79 Å². The van der Waals surface area contributed by atoms with Gasteiger partial charge in [0.15, 0.2) is 0 Å². The third-order valence-corrected chi connectivity index (χ3v) is 14.0. The molecule has 3 unspecified atom stereocenters. The number of unbranched alkanes of at least 4 members (excludes halogenated alkanes) is 43. The maximum absolute atomic E-state index is 12.5. The second-order valence-corrected chi connectivity index (χ2v) is 20.6. The number of aliphatic hydroxyl groups is 3. The molecule has 0 aromatic heterocycles. The lowest BCUT2D eigenvalue weighted by Gasteiger charge is -2.21. The molecular weight excluding hydrogens is 811 g/mol. The van der Waals surface area contributed by atoms with Gasteiger partial charge in [-0.2, -0.15) is 0 Å². The van der Waals surface area contributed by atoms with Crippen LogP contribution in [0.1, 0.15) is 322 Å². The highest BCUT2D eigenvalue weighted by atomic mass is 16.3. The van der Waals surface area contributed by atoms with Crippen molar-refractivity contribution in [1.82, 2.24) is 5.32 Å². The summed E-state index contributed by atoms with van der Waals surface area (Å²) < 4.78 is 0. The molecule has 0 aromatic rings. The SMILES string of the molecule is CCCCCCCCCCCCCC/C=C/C(O)C(CO)NC(=O)C(O)CCCCCCCCCCCCCCCCCC/C=C\C/C=C\CCCCCCCCCCCCCCCCC. The predicted molar refractivity (Wildman–Crippen MR) is 291 cm³/mol. The van der Waals surface area contributed by atoms with Crippen molar-refractivity contribution in [1.29, 1.82) is 0 Å². The Bertz CT molecular complexity index is 1020. The summed E-state index contributed by atoms with van der Waals surface area (Å²) in [7, 11) is 0. The number of rotatable bonds is 55. The summed E-state index contributed by atoms with van der Waals surface area (Å²) in [5, 5.41) is 33.3. The van der Waals surface area contributed by atoms with Crippen LogP contribution in [0.15, 0.2) is 36.5 Å². The second kappa shape index (κ2) is 56.2. The Morgan fingerprint density at radius 1 is 0.379 bits per heavy atom. The number of hydrogen-bond donors (Lipinski definition) is 4. The van der Waals surface area contributed by atoms with E-state index in [9.17, 15) is 20.1 Å². The minimum absolute atomic E-state index is 0.362. The van der Waals surface area contributed by atoms with Crippen molar-refractivity contribution in [2.45, 2.75) is 340 Å². The standard InChI is InChI=1S/C61H117NO4/c1-3-5-7-9-11-13-15-17-19-20-21-22-23-24-25-26-27-28-29-30-31-32-33-34-35-36-37-38-39-40-41-42-44-46-48-50-52-54-56-60(65)61(66)62-58(57-63)59(64)55-53-51-49-47-45-43-18-16-14-12-10-8-6-4-2/h27-28,30-31,53,55,58-60,63-65H,3-26,29,32-52,54,56-57H2,1-2H3,(H,62,66)/b28-27-,31-30-,55-53+. The van der Waals surface area contributed by atoms with Crippen LogP contribution in [-0.4, -0.2) is 46.1 Å². The summed E-state index contributed by atoms with van der Waals surface area (Å²) in [5.74, 6) is -0.500. The monoisotopic (exact) mass is 928 g/mol. The summed E-state index contributed by atoms with van der Waals surface area (Å²) in [6.45, 7) is 4.20. The van der Waals surface area contributed by atoms with E-state index in [1.165, 1.54) is 263 Å². The van der Waals surface area contributed by atoms with E-state index in [0.29, 0.717) is 6.42 Å². The Kier molecular flexibility index (Phi) is 54.9. The first-order chi connectivity index (χ1) is 32.6. The van der Waals surface area contributed by atoms with Gasteiger partial charge in [-0.3, -0.25) is 4.79 Å². The zero-order valence-electron chi connectivity index (χ0n) is 44.6. The fraction of sp³-hybridized carbons (Fsp3) is 0.885. The maximum atomic E-state index is 12.5. The van der Waals surface area contributed by atoms with E-state index >= 15 is 0 Å². The molecule has 4 N–H and O–H groups in total. The normalized spacial score (nSPS) is 13.5. The minimum atomic E-state index is -1.10. The second-order valence-electron chi connectivity index (χ2n) is 20.6. The van der Waals surface area contributed by atoms with Gasteiger partial charge in [0.2, 0.25) is 5.91 Å². The van der Waals surface area contributed by atoms with Gasteiger partial charge in [-0.15, -0.1) is 0 Å². The van der Waals surface area contributed by atoms with E-state index in [1.807, 2.05) is 6.08 Å². The fourth-order valence-corrected chi connectivity index (χ4v) is 9.34. The average Bonchev–Trinajstić information content (AvgIpc) is 3.32. The molecule has 5 heteroatoms. The van der Waals surface area contributed by atoms with Crippen molar-refractivity contribution in [3.8, 4) is 0 Å². The number of aliphatic hydroxyl groups excluding tert-OH is 3. The van der Waals surface area contributed by atoms with Crippen LogP contribution < -0.4 is 5.32 Å². The van der Waals surface area contributed by atoms with Crippen molar-refractivity contribution < 1.29 is 20.1 Å². The smallest absolute Gasteiger partial charge is 0.249 e. The molecule has 0 radical (unpaired) electrons. The third kappa shape index (κ3) is 50.4. The summed E-state index contributed by atoms with van der Waals surface area (Å²) in [4.78, 5) is 12.5. The minimum Gasteiger partial charge on any atom is -0.394 e. The number of amides is 1. The quantitative estimate of drug-likeness (QED) is 0.0361. The van der Waals surface area contributed by atoms with Gasteiger partial charge < -0.3 is 20.6 Å². The number of allylic oxidation sites excluding steroid dienone is 5. The highest BCUT2D eigenvalue weighted by Gasteiger charge is 2.22. The van der Waals surface area contributed by atoms with Gasteiger partial charge in [0.25, 0.3) is 0 Å². The number of hydrogen-bond acceptors (Lipinski definition) is 4. The van der Waals surface area contributed by atoms with Crippen LogP contribution in [0.3, 0.4) is 0 Å². The number of nitrogens with one attached hydrogen (secondary N) is 1. The molecular formula is C61H117NO4. The lowest BCUT2D eigenvalue weighted by Crippen LogP contribution is -2.48. The Morgan fingerprint density at radius 2 is 0.652 bits per heavy atom. The summed E-state index contributed by atoms with van der Waals surface area (Å²) in [6.07, 6.45) is 73.9. The molecule has 0 aliphatic rings. The first-order valence-electron chi connectivity index (χ1n) is 29.8. The first-order valence-corrected chi connectivity index (χ1v) is 29.8. The molecule has 0 saturated heterocycles. The Morgan fingerprint density at radius 3 is 0.955 bits per heavy atom. The van der Waals surface area contributed by atoms with Gasteiger partial charge in [0.1, 0.15) is 6.10 Å². The largest absolute Gasteiger partial charge is 0.394 e. The lowest BCUT2D eigenvalue weighted by molar-refractivity contribution is -0.131. The molecule has 66 heavy (non-hydrogen) atoms. The van der Waals surface area contributed by atoms with Crippen LogP contribution in [0, 0.1) is 0 Å². The van der Waals surface area contributed by atoms with Crippen LogP contribution in [0.5, 0.6) is 0 Å². The Labute approximate surface area is 413 Å². The van der Waals surface area contributed by atoms with Crippen LogP contribution >= 0.6 is 0 Å². The van der Waals surface area contributed by atoms with Crippen LogP contribution in [0.2, 0.25) is 0 Å². The predicted octanol–water partition coefficient (Wildman–Crippen LogP) is 18.6. The maximum Gasteiger partial charge on any atom is 0.249 e. The Hall–Kier alpha value is -1.43. The van der Waals surface area contributed by atoms with E-state index in [0.717, 1.165) is 38.5 Å². The molecule has 0 fully saturated rings. The molecule has 0 rings (SSSR count). The van der Waals surface area contributed by atoms with E-state index in [2.05, 4.69) is 43.5 Å². The molecule has 0 aromatic carbocycles. The van der Waals surface area contributed by atoms with Crippen molar-refractivity contribution in [2.75, 3.05) is 6.61 Å². The highest BCUT2D eigenvalue weighted by Crippen LogP contribution is 2.17. The highest BCUT2D eigenvalue weighted by molar-refractivity contribution is 5.80. The Balaban J connectivity index is 3.48. The van der Waals surface area contributed by atoms with Gasteiger partial charge in [0.05, 0.1) is 18.8 Å². The molecule has 3 atom stereocenters. The van der Waals surface area contributed by atoms with E-state index in [4.69, 9.17) is 0 Å². The third-order valence-electron chi connectivity index (χ3n) is 14.0. The zero-order valence-corrected chi connectivity index (χ0v) is 44.6. The topological polar surface area (TPSA) is 89.8 Å². The van der Waals surface area contributed by atoms with Crippen molar-refractivity contribution in [3.63, 3.8) is 0 Å². The van der Waals surface area contributed by atoms with Gasteiger partial charge in [0, 0.05) is 0 Å². The number of carbonyl (C=O) groups excluding carboxylic acids is 1. The summed E-state index contributed by atoms with van der Waals surface area (Å²) in [5.41, 5.74) is 0. The molecule has 0 aliphatic heterocycles.